The van der Waals surface area contributed by atoms with Gasteiger partial charge in [-0.05, 0) is 55.3 Å². The summed E-state index contributed by atoms with van der Waals surface area (Å²) < 4.78 is 1.55. The maximum Gasteiger partial charge on any atom is 0.0649 e. The van der Waals surface area contributed by atoms with Gasteiger partial charge in [-0.25, -0.2) is 0 Å². The zero-order chi connectivity index (χ0) is 12.8. The molecule has 1 aromatic heterocycles. The van der Waals surface area contributed by atoms with E-state index < -0.39 is 0 Å². The first-order valence-electron chi connectivity index (χ1n) is 7.52. The number of thiophene rings is 1. The van der Waals surface area contributed by atoms with E-state index in [0.717, 1.165) is 17.2 Å². The van der Waals surface area contributed by atoms with Crippen LogP contribution >= 0.6 is 23.1 Å². The molecule has 2 unspecified atom stereocenters. The number of piperidine rings is 3. The van der Waals surface area contributed by atoms with E-state index in [1.165, 1.54) is 38.9 Å². The minimum atomic E-state index is 0.600. The lowest BCUT2D eigenvalue weighted by Gasteiger charge is -2.46. The van der Waals surface area contributed by atoms with Gasteiger partial charge in [-0.2, -0.15) is 0 Å². The summed E-state index contributed by atoms with van der Waals surface area (Å²) in [6.45, 7) is 6.33. The first-order valence-corrected chi connectivity index (χ1v) is 9.28. The van der Waals surface area contributed by atoms with Crippen LogP contribution in [0.1, 0.15) is 37.8 Å². The Kier molecular flexibility index (Phi) is 3.38. The van der Waals surface area contributed by atoms with Crippen molar-refractivity contribution in [1.29, 1.82) is 0 Å². The fourth-order valence-electron chi connectivity index (χ4n) is 3.92. The van der Waals surface area contributed by atoms with Gasteiger partial charge in [-0.15, -0.1) is 23.1 Å². The maximum absolute atomic E-state index is 4.01. The second-order valence-corrected chi connectivity index (χ2v) is 8.91. The molecule has 3 saturated heterocycles. The number of thioether (sulfide) groups is 1. The van der Waals surface area contributed by atoms with Crippen molar-refractivity contribution in [2.45, 2.75) is 47.7 Å². The van der Waals surface area contributed by atoms with Crippen LogP contribution in [0, 0.1) is 5.92 Å². The first kappa shape index (κ1) is 12.7. The van der Waals surface area contributed by atoms with E-state index in [1.807, 2.05) is 11.3 Å². The Morgan fingerprint density at radius 2 is 2.16 bits per heavy atom. The highest BCUT2D eigenvalue weighted by molar-refractivity contribution is 8.01. The molecule has 0 aliphatic carbocycles. The third-order valence-corrected chi connectivity index (χ3v) is 7.32. The molecule has 0 aromatic carbocycles. The van der Waals surface area contributed by atoms with Crippen LogP contribution in [0.25, 0.3) is 0 Å². The smallest absolute Gasteiger partial charge is 0.0649 e. The van der Waals surface area contributed by atoms with Gasteiger partial charge in [0.25, 0.3) is 0 Å². The summed E-state index contributed by atoms with van der Waals surface area (Å²) in [5.74, 6) is 0.928. The van der Waals surface area contributed by atoms with Gasteiger partial charge in [0.05, 0.1) is 4.21 Å². The van der Waals surface area contributed by atoms with Gasteiger partial charge in [0.1, 0.15) is 0 Å². The van der Waals surface area contributed by atoms with Crippen molar-refractivity contribution >= 4 is 23.1 Å². The van der Waals surface area contributed by atoms with E-state index in [2.05, 4.69) is 40.3 Å². The van der Waals surface area contributed by atoms with Crippen molar-refractivity contribution < 1.29 is 0 Å². The van der Waals surface area contributed by atoms with Crippen LogP contribution in [0.4, 0.5) is 0 Å². The summed E-state index contributed by atoms with van der Waals surface area (Å²) in [5, 5.41) is 7.03. The minimum Gasteiger partial charge on any atom is -0.306 e. The van der Waals surface area contributed by atoms with Gasteiger partial charge in [-0.1, -0.05) is 6.92 Å². The molecular formula is C15H22N2S2. The standard InChI is InChI=1S/C15H22N2S2/c1-10-8-13(12-4-7-18-15(12)19-10)16-14-9-17-5-2-11(14)3-6-17/h4,7,10-11,13-14,16H,2-3,5-6,8-9H2,1H3/t10-,13?,14?/m0/s1. The van der Waals surface area contributed by atoms with E-state index >= 15 is 0 Å². The van der Waals surface area contributed by atoms with Gasteiger partial charge in [0.15, 0.2) is 0 Å². The highest BCUT2D eigenvalue weighted by Gasteiger charge is 2.36. The topological polar surface area (TPSA) is 15.3 Å². The number of rotatable bonds is 2. The van der Waals surface area contributed by atoms with E-state index in [4.69, 9.17) is 0 Å². The summed E-state index contributed by atoms with van der Waals surface area (Å²) in [7, 11) is 0. The van der Waals surface area contributed by atoms with Gasteiger partial charge in [0.2, 0.25) is 0 Å². The lowest BCUT2D eigenvalue weighted by Crippen LogP contribution is -2.56. The highest BCUT2D eigenvalue weighted by atomic mass is 32.2. The molecule has 1 aromatic rings. The number of nitrogens with one attached hydrogen (secondary N) is 1. The Morgan fingerprint density at radius 3 is 2.89 bits per heavy atom. The van der Waals surface area contributed by atoms with Crippen LogP contribution in [0.5, 0.6) is 0 Å². The zero-order valence-corrected chi connectivity index (χ0v) is 13.1. The quantitative estimate of drug-likeness (QED) is 0.900. The molecule has 4 heteroatoms. The predicted molar refractivity (Wildman–Crippen MR) is 83.1 cm³/mol. The van der Waals surface area contributed by atoms with Crippen LogP contribution in [0.15, 0.2) is 15.7 Å². The Labute approximate surface area is 124 Å². The average molecular weight is 294 g/mol. The molecule has 2 nitrogen and oxygen atoms in total. The van der Waals surface area contributed by atoms with Crippen molar-refractivity contribution in [1.82, 2.24) is 10.2 Å². The van der Waals surface area contributed by atoms with Crippen LogP contribution in [-0.4, -0.2) is 35.8 Å². The predicted octanol–water partition coefficient (Wildman–Crippen LogP) is 3.36. The number of hydrogen-bond acceptors (Lipinski definition) is 4. The minimum absolute atomic E-state index is 0.600. The molecule has 4 aliphatic rings. The summed E-state index contributed by atoms with van der Waals surface area (Å²) in [4.78, 5) is 2.65. The fourth-order valence-corrected chi connectivity index (χ4v) is 6.49. The summed E-state index contributed by atoms with van der Waals surface area (Å²) >= 11 is 3.99. The first-order chi connectivity index (χ1) is 9.29. The summed E-state index contributed by atoms with van der Waals surface area (Å²) in [6, 6.07) is 3.68. The monoisotopic (exact) mass is 294 g/mol. The second kappa shape index (κ2) is 5.06. The van der Waals surface area contributed by atoms with E-state index in [1.54, 1.807) is 9.77 Å². The molecule has 1 N–H and O–H groups in total. The van der Waals surface area contributed by atoms with Gasteiger partial charge in [0, 0.05) is 23.9 Å². The van der Waals surface area contributed by atoms with Crippen LogP contribution in [0.3, 0.4) is 0 Å². The molecule has 0 radical (unpaired) electrons. The van der Waals surface area contributed by atoms with Crippen molar-refractivity contribution in [3.63, 3.8) is 0 Å². The Balaban J connectivity index is 1.51. The van der Waals surface area contributed by atoms with E-state index in [0.29, 0.717) is 6.04 Å². The van der Waals surface area contributed by atoms with Crippen LogP contribution in [0.2, 0.25) is 0 Å². The number of hydrogen-bond donors (Lipinski definition) is 1. The molecule has 4 aliphatic heterocycles. The number of nitrogens with zero attached hydrogens (tertiary/aromatic N) is 1. The van der Waals surface area contributed by atoms with Gasteiger partial charge < -0.3 is 10.2 Å². The molecule has 2 bridgehead atoms. The van der Waals surface area contributed by atoms with Crippen molar-refractivity contribution in [2.24, 2.45) is 5.92 Å². The molecule has 5 heterocycles. The molecule has 3 fully saturated rings. The van der Waals surface area contributed by atoms with Crippen molar-refractivity contribution in [3.05, 3.63) is 17.0 Å². The normalized spacial score (nSPS) is 41.2. The van der Waals surface area contributed by atoms with Crippen molar-refractivity contribution in [2.75, 3.05) is 19.6 Å². The second-order valence-electron chi connectivity index (χ2n) is 6.29. The van der Waals surface area contributed by atoms with Crippen LogP contribution < -0.4 is 5.32 Å². The molecule has 0 spiro atoms. The Hall–Kier alpha value is -0.0300. The molecule has 19 heavy (non-hydrogen) atoms. The Morgan fingerprint density at radius 1 is 1.32 bits per heavy atom. The van der Waals surface area contributed by atoms with E-state index in [9.17, 15) is 0 Å². The molecule has 0 amide bonds. The third kappa shape index (κ3) is 2.37. The SMILES string of the molecule is C[C@H]1CC(NC2CN3CCC2CC3)c2ccsc2S1. The van der Waals surface area contributed by atoms with E-state index in [-0.39, 0.29) is 0 Å². The molecule has 104 valence electrons. The van der Waals surface area contributed by atoms with Crippen molar-refractivity contribution in [3.8, 4) is 0 Å². The molecular weight excluding hydrogens is 272 g/mol. The Bertz CT molecular complexity index is 451. The summed E-state index contributed by atoms with van der Waals surface area (Å²) in [6.07, 6.45) is 4.11. The summed E-state index contributed by atoms with van der Waals surface area (Å²) in [5.41, 5.74) is 1.57. The highest BCUT2D eigenvalue weighted by Crippen LogP contribution is 2.44. The lowest BCUT2D eigenvalue weighted by atomic mass is 9.83. The molecule has 3 atom stereocenters. The van der Waals surface area contributed by atoms with Crippen LogP contribution in [-0.2, 0) is 0 Å². The van der Waals surface area contributed by atoms with Gasteiger partial charge >= 0.3 is 0 Å². The number of fused-ring (bicyclic) bond motifs is 4. The lowest BCUT2D eigenvalue weighted by molar-refractivity contribution is 0.0661. The zero-order valence-electron chi connectivity index (χ0n) is 11.5. The third-order valence-electron chi connectivity index (χ3n) is 4.98. The molecule has 0 saturated carbocycles. The maximum atomic E-state index is 4.01. The average Bonchev–Trinajstić information content (AvgIpc) is 2.88. The largest absolute Gasteiger partial charge is 0.306 e. The molecule has 5 rings (SSSR count). The van der Waals surface area contributed by atoms with Gasteiger partial charge in [-0.3, -0.25) is 0 Å². The fraction of sp³-hybridized carbons (Fsp3) is 0.733.